The van der Waals surface area contributed by atoms with Gasteiger partial charge in [-0.05, 0) is 35.0 Å². The van der Waals surface area contributed by atoms with Gasteiger partial charge in [0.2, 0.25) is 0 Å². The molecule has 1 aromatic carbocycles. The number of hydrogen-bond donors (Lipinski definition) is 2. The van der Waals surface area contributed by atoms with Crippen molar-refractivity contribution in [2.75, 3.05) is 25.6 Å². The molecule has 0 radical (unpaired) electrons. The average Bonchev–Trinajstić information content (AvgIpc) is 2.63. The third-order valence-corrected chi connectivity index (χ3v) is 4.60. The van der Waals surface area contributed by atoms with E-state index < -0.39 is 23.1 Å². The molecule has 0 saturated carbocycles. The van der Waals surface area contributed by atoms with Gasteiger partial charge in [0.15, 0.2) is 11.4 Å². The van der Waals surface area contributed by atoms with Crippen molar-refractivity contribution in [3.8, 4) is 5.75 Å². The van der Waals surface area contributed by atoms with Gasteiger partial charge in [0.25, 0.3) is 5.91 Å². The lowest BCUT2D eigenvalue weighted by molar-refractivity contribution is 0.101. The van der Waals surface area contributed by atoms with Crippen molar-refractivity contribution in [1.82, 2.24) is 4.98 Å². The summed E-state index contributed by atoms with van der Waals surface area (Å²) < 4.78 is 39.8. The molecule has 1 aromatic heterocycles. The zero-order chi connectivity index (χ0) is 20.5. The Hall–Kier alpha value is -2.59. The molecule has 1 atom stereocenters. The average molecular weight is 455 g/mol. The minimum absolute atomic E-state index is 0.0441. The maximum absolute atomic E-state index is 14.5. The van der Waals surface area contributed by atoms with Crippen LogP contribution < -0.4 is 15.8 Å². The van der Waals surface area contributed by atoms with E-state index in [0.29, 0.717) is 10.5 Å². The van der Waals surface area contributed by atoms with Gasteiger partial charge >= 0.3 is 0 Å². The minimum Gasteiger partial charge on any atom is -0.494 e. The molecule has 1 aliphatic rings. The SMILES string of the molecule is COc1cc(Br)cnc1C(=O)Nc1cc(C2(C)COCC(N)=N2)c(F)cc1F. The van der Waals surface area contributed by atoms with Crippen molar-refractivity contribution >= 4 is 33.4 Å². The fraction of sp³-hybridized carbons (Fsp3) is 0.278. The largest absolute Gasteiger partial charge is 0.494 e. The first-order chi connectivity index (χ1) is 13.2. The highest BCUT2D eigenvalue weighted by atomic mass is 79.9. The van der Waals surface area contributed by atoms with Crippen LogP contribution in [-0.4, -0.2) is 37.1 Å². The number of amides is 1. The second kappa shape index (κ2) is 7.80. The smallest absolute Gasteiger partial charge is 0.278 e. The molecule has 1 amide bonds. The standard InChI is InChI=1S/C18H17BrF2N4O3/c1-18(8-28-7-15(22)25-18)10-4-13(12(21)5-11(10)20)24-17(26)16-14(27-2)3-9(19)6-23-16/h3-6H,7-8H2,1-2H3,(H2,22,25)(H,24,26). The van der Waals surface area contributed by atoms with Gasteiger partial charge in [0, 0.05) is 22.3 Å². The molecule has 2 aromatic rings. The normalized spacial score (nSPS) is 19.1. The number of ether oxygens (including phenoxy) is 2. The number of pyridine rings is 1. The Kier molecular flexibility index (Phi) is 5.61. The van der Waals surface area contributed by atoms with Gasteiger partial charge in [0.05, 0.1) is 19.4 Å². The minimum atomic E-state index is -1.15. The highest BCUT2D eigenvalue weighted by Crippen LogP contribution is 2.33. The van der Waals surface area contributed by atoms with Crippen molar-refractivity contribution in [3.63, 3.8) is 0 Å². The number of nitrogens with zero attached hydrogens (tertiary/aromatic N) is 2. The second-order valence-electron chi connectivity index (χ2n) is 6.34. The Morgan fingerprint density at radius 3 is 2.79 bits per heavy atom. The van der Waals surface area contributed by atoms with E-state index in [2.05, 4.69) is 31.2 Å². The van der Waals surface area contributed by atoms with E-state index in [1.54, 1.807) is 13.0 Å². The number of amidine groups is 1. The maximum Gasteiger partial charge on any atom is 0.278 e. The first-order valence-electron chi connectivity index (χ1n) is 8.16. The predicted octanol–water partition coefficient (Wildman–Crippen LogP) is 2.99. The summed E-state index contributed by atoms with van der Waals surface area (Å²) >= 11 is 3.23. The third-order valence-electron chi connectivity index (χ3n) is 4.16. The molecule has 0 fully saturated rings. The van der Waals surface area contributed by atoms with E-state index in [4.69, 9.17) is 15.2 Å². The van der Waals surface area contributed by atoms with Crippen molar-refractivity contribution in [1.29, 1.82) is 0 Å². The molecule has 0 aliphatic carbocycles. The number of halogens is 3. The zero-order valence-corrected chi connectivity index (χ0v) is 16.6. The van der Waals surface area contributed by atoms with Crippen LogP contribution in [0, 0.1) is 11.6 Å². The number of nitrogens with one attached hydrogen (secondary N) is 1. The van der Waals surface area contributed by atoms with Gasteiger partial charge in [-0.3, -0.25) is 9.79 Å². The molecule has 28 heavy (non-hydrogen) atoms. The summed E-state index contributed by atoms with van der Waals surface area (Å²) in [6, 6.07) is 3.41. The molecule has 3 rings (SSSR count). The Balaban J connectivity index is 1.97. The van der Waals surface area contributed by atoms with Crippen molar-refractivity contribution in [2.24, 2.45) is 10.7 Å². The summed E-state index contributed by atoms with van der Waals surface area (Å²) in [5.41, 5.74) is 4.32. The first-order valence-corrected chi connectivity index (χ1v) is 8.95. The number of benzene rings is 1. The van der Waals surface area contributed by atoms with Crippen LogP contribution in [0.15, 0.2) is 33.9 Å². The molecule has 10 heteroatoms. The van der Waals surface area contributed by atoms with E-state index in [1.165, 1.54) is 19.4 Å². The molecule has 3 N–H and O–H groups in total. The van der Waals surface area contributed by atoms with Crippen LogP contribution >= 0.6 is 15.9 Å². The molecule has 7 nitrogen and oxygen atoms in total. The van der Waals surface area contributed by atoms with Crippen LogP contribution in [0.5, 0.6) is 5.75 Å². The van der Waals surface area contributed by atoms with Crippen LogP contribution in [0.4, 0.5) is 14.5 Å². The number of rotatable bonds is 4. The second-order valence-corrected chi connectivity index (χ2v) is 7.26. The van der Waals surface area contributed by atoms with Crippen molar-refractivity contribution in [2.45, 2.75) is 12.5 Å². The van der Waals surface area contributed by atoms with Gasteiger partial charge in [-0.2, -0.15) is 0 Å². The van der Waals surface area contributed by atoms with Gasteiger partial charge in [-0.15, -0.1) is 0 Å². The lowest BCUT2D eigenvalue weighted by atomic mass is 9.91. The molecule has 148 valence electrons. The summed E-state index contributed by atoms with van der Waals surface area (Å²) in [7, 11) is 1.38. The number of aromatic nitrogens is 1. The summed E-state index contributed by atoms with van der Waals surface area (Å²) in [6.07, 6.45) is 1.40. The highest BCUT2D eigenvalue weighted by Gasteiger charge is 2.34. The van der Waals surface area contributed by atoms with Crippen molar-refractivity contribution < 1.29 is 23.0 Å². The molecule has 0 bridgehead atoms. The lowest BCUT2D eigenvalue weighted by Gasteiger charge is -2.30. The maximum atomic E-state index is 14.5. The van der Waals surface area contributed by atoms with Crippen LogP contribution in [0.1, 0.15) is 23.0 Å². The number of hydrogen-bond acceptors (Lipinski definition) is 6. The van der Waals surface area contributed by atoms with Crippen LogP contribution in [0.25, 0.3) is 0 Å². The van der Waals surface area contributed by atoms with Gasteiger partial charge in [-0.25, -0.2) is 13.8 Å². The summed E-state index contributed by atoms with van der Waals surface area (Å²) in [6.45, 7) is 1.81. The third kappa shape index (κ3) is 3.97. The fourth-order valence-electron chi connectivity index (χ4n) is 2.86. The molecule has 2 heterocycles. The Morgan fingerprint density at radius 2 is 2.11 bits per heavy atom. The predicted molar refractivity (Wildman–Crippen MR) is 103 cm³/mol. The summed E-state index contributed by atoms with van der Waals surface area (Å²) in [4.78, 5) is 20.8. The molecule has 0 spiro atoms. The molecule has 1 aliphatic heterocycles. The van der Waals surface area contributed by atoms with Crippen LogP contribution in [-0.2, 0) is 10.3 Å². The van der Waals surface area contributed by atoms with Crippen LogP contribution in [0.2, 0.25) is 0 Å². The monoisotopic (exact) mass is 454 g/mol. The Labute approximate surface area is 168 Å². The van der Waals surface area contributed by atoms with E-state index in [1.807, 2.05) is 0 Å². The number of nitrogens with two attached hydrogens (primary N) is 1. The summed E-state index contributed by atoms with van der Waals surface area (Å²) in [5, 5.41) is 2.40. The number of methoxy groups -OCH3 is 1. The zero-order valence-electron chi connectivity index (χ0n) is 15.1. The number of anilines is 1. The quantitative estimate of drug-likeness (QED) is 0.739. The number of carbonyl (C=O) groups excluding carboxylic acids is 1. The van der Waals surface area contributed by atoms with E-state index in [9.17, 15) is 13.6 Å². The highest BCUT2D eigenvalue weighted by molar-refractivity contribution is 9.10. The Morgan fingerprint density at radius 1 is 1.36 bits per heavy atom. The topological polar surface area (TPSA) is 98.8 Å². The van der Waals surface area contributed by atoms with E-state index >= 15 is 0 Å². The number of carbonyl (C=O) groups is 1. The summed E-state index contributed by atoms with van der Waals surface area (Å²) in [5.74, 6) is -2.08. The van der Waals surface area contributed by atoms with Gasteiger partial charge in [0.1, 0.15) is 29.6 Å². The van der Waals surface area contributed by atoms with E-state index in [0.717, 1.165) is 0 Å². The molecule has 0 saturated heterocycles. The first kappa shape index (κ1) is 20.2. The molecular formula is C18H17BrF2N4O3. The van der Waals surface area contributed by atoms with E-state index in [-0.39, 0.29) is 41.7 Å². The fourth-order valence-corrected chi connectivity index (χ4v) is 3.17. The van der Waals surface area contributed by atoms with Crippen molar-refractivity contribution in [3.05, 3.63) is 51.8 Å². The van der Waals surface area contributed by atoms with Gasteiger partial charge < -0.3 is 20.5 Å². The Bertz CT molecular complexity index is 970. The number of aliphatic imine (C=N–C) groups is 1. The molecule has 1 unspecified atom stereocenters. The van der Waals surface area contributed by atoms with Crippen LogP contribution in [0.3, 0.4) is 0 Å². The van der Waals surface area contributed by atoms with Gasteiger partial charge in [-0.1, -0.05) is 0 Å². The lowest BCUT2D eigenvalue weighted by Crippen LogP contribution is -2.38. The molecular weight excluding hydrogens is 438 g/mol.